The molecule has 0 spiro atoms. The Balaban J connectivity index is 1.88. The molecule has 0 radical (unpaired) electrons. The quantitative estimate of drug-likeness (QED) is 0.466. The molecule has 1 heteroatoms. The highest BCUT2D eigenvalue weighted by Crippen LogP contribution is 2.48. The molecule has 2 aromatic carbocycles. The van der Waals surface area contributed by atoms with Gasteiger partial charge in [0.25, 0.3) is 0 Å². The summed E-state index contributed by atoms with van der Waals surface area (Å²) >= 11 is 0. The maximum absolute atomic E-state index is 4.07. The van der Waals surface area contributed by atoms with Crippen LogP contribution in [0.15, 0.2) is 104 Å². The van der Waals surface area contributed by atoms with E-state index in [1.54, 1.807) is 6.08 Å². The van der Waals surface area contributed by atoms with Crippen molar-refractivity contribution in [2.45, 2.75) is 33.1 Å². The monoisotopic (exact) mass is 393 g/mol. The van der Waals surface area contributed by atoms with Crippen molar-refractivity contribution in [1.82, 2.24) is 0 Å². The number of anilines is 2. The molecular formula is C29H31N. The number of hydrogen-bond acceptors (Lipinski definition) is 1. The molecule has 1 nitrogen and oxygen atoms in total. The van der Waals surface area contributed by atoms with Crippen LogP contribution >= 0.6 is 0 Å². The van der Waals surface area contributed by atoms with Gasteiger partial charge in [-0.2, -0.15) is 0 Å². The molecule has 0 unspecified atom stereocenters. The van der Waals surface area contributed by atoms with Crippen LogP contribution in [-0.4, -0.2) is 0 Å². The van der Waals surface area contributed by atoms with Crippen LogP contribution in [0, 0.1) is 0 Å². The van der Waals surface area contributed by atoms with Crippen molar-refractivity contribution in [3.63, 3.8) is 0 Å². The van der Waals surface area contributed by atoms with Crippen LogP contribution in [0.5, 0.6) is 0 Å². The van der Waals surface area contributed by atoms with Crippen molar-refractivity contribution >= 4 is 22.5 Å². The topological polar surface area (TPSA) is 12.0 Å². The number of fused-ring (bicyclic) bond motifs is 1. The van der Waals surface area contributed by atoms with Crippen LogP contribution in [0.25, 0.3) is 11.1 Å². The van der Waals surface area contributed by atoms with Gasteiger partial charge in [-0.1, -0.05) is 87.7 Å². The first-order valence-electron chi connectivity index (χ1n) is 10.4. The molecule has 0 atom stereocenters. The van der Waals surface area contributed by atoms with E-state index < -0.39 is 0 Å². The van der Waals surface area contributed by atoms with E-state index in [9.17, 15) is 0 Å². The maximum atomic E-state index is 4.07. The van der Waals surface area contributed by atoms with Gasteiger partial charge in [-0.25, -0.2) is 0 Å². The van der Waals surface area contributed by atoms with Gasteiger partial charge in [0.05, 0.1) is 0 Å². The third-order valence-electron chi connectivity index (χ3n) is 5.71. The average Bonchev–Trinajstić information content (AvgIpc) is 2.95. The second-order valence-electron chi connectivity index (χ2n) is 7.96. The third-order valence-corrected chi connectivity index (χ3v) is 5.71. The molecule has 2 aromatic rings. The van der Waals surface area contributed by atoms with Gasteiger partial charge in [0.2, 0.25) is 0 Å². The third kappa shape index (κ3) is 4.02. The summed E-state index contributed by atoms with van der Waals surface area (Å²) in [7, 11) is 0. The van der Waals surface area contributed by atoms with E-state index in [1.807, 2.05) is 12.2 Å². The van der Waals surface area contributed by atoms with E-state index in [4.69, 9.17) is 0 Å². The van der Waals surface area contributed by atoms with E-state index in [-0.39, 0.29) is 5.41 Å². The Morgan fingerprint density at radius 1 is 0.967 bits per heavy atom. The molecule has 0 amide bonds. The van der Waals surface area contributed by atoms with E-state index in [1.165, 1.54) is 33.4 Å². The first-order valence-corrected chi connectivity index (χ1v) is 10.4. The molecule has 0 saturated carbocycles. The van der Waals surface area contributed by atoms with Gasteiger partial charge >= 0.3 is 0 Å². The Bertz CT molecular complexity index is 1070. The largest absolute Gasteiger partial charge is 0.356 e. The summed E-state index contributed by atoms with van der Waals surface area (Å²) < 4.78 is 0. The van der Waals surface area contributed by atoms with Gasteiger partial charge < -0.3 is 5.32 Å². The fourth-order valence-corrected chi connectivity index (χ4v) is 4.16. The number of allylic oxidation sites excluding steroid dienone is 10. The predicted molar refractivity (Wildman–Crippen MR) is 134 cm³/mol. The molecule has 0 fully saturated rings. The Morgan fingerprint density at radius 3 is 2.27 bits per heavy atom. The van der Waals surface area contributed by atoms with Crippen LogP contribution in [0.2, 0.25) is 0 Å². The van der Waals surface area contributed by atoms with Crippen molar-refractivity contribution < 1.29 is 0 Å². The molecule has 0 aliphatic heterocycles. The van der Waals surface area contributed by atoms with Crippen molar-refractivity contribution in [3.8, 4) is 0 Å². The van der Waals surface area contributed by atoms with Crippen LogP contribution in [0.1, 0.15) is 44.4 Å². The smallest absolute Gasteiger partial charge is 0.0387 e. The first-order chi connectivity index (χ1) is 14.5. The number of rotatable bonds is 7. The Kier molecular flexibility index (Phi) is 6.42. The molecule has 1 aliphatic carbocycles. The Morgan fingerprint density at radius 2 is 1.67 bits per heavy atom. The van der Waals surface area contributed by atoms with Crippen LogP contribution in [-0.2, 0) is 5.41 Å². The van der Waals surface area contributed by atoms with Crippen LogP contribution in [0.3, 0.4) is 0 Å². The zero-order chi connectivity index (χ0) is 21.7. The first kappa shape index (κ1) is 21.4. The summed E-state index contributed by atoms with van der Waals surface area (Å²) in [5.41, 5.74) is 9.65. The molecule has 3 rings (SSSR count). The van der Waals surface area contributed by atoms with Crippen molar-refractivity contribution in [3.05, 3.63) is 120 Å². The van der Waals surface area contributed by atoms with Gasteiger partial charge in [0.15, 0.2) is 0 Å². The summed E-state index contributed by atoms with van der Waals surface area (Å²) in [4.78, 5) is 0. The van der Waals surface area contributed by atoms with Gasteiger partial charge in [-0.05, 0) is 71.5 Å². The van der Waals surface area contributed by atoms with Gasteiger partial charge in [-0.15, -0.1) is 0 Å². The van der Waals surface area contributed by atoms with E-state index >= 15 is 0 Å². The van der Waals surface area contributed by atoms with Crippen LogP contribution < -0.4 is 5.32 Å². The minimum atomic E-state index is -0.0637. The molecule has 0 aromatic heterocycles. The number of benzene rings is 2. The van der Waals surface area contributed by atoms with Crippen molar-refractivity contribution in [1.29, 1.82) is 0 Å². The lowest BCUT2D eigenvalue weighted by Crippen LogP contribution is -2.16. The Hall–Kier alpha value is -3.32. The zero-order valence-electron chi connectivity index (χ0n) is 18.5. The normalized spacial score (nSPS) is 15.7. The number of nitrogens with one attached hydrogen (secondary N) is 1. The molecule has 0 saturated heterocycles. The lowest BCUT2D eigenvalue weighted by Gasteiger charge is -2.23. The van der Waals surface area contributed by atoms with Gasteiger partial charge in [0, 0.05) is 16.8 Å². The minimum Gasteiger partial charge on any atom is -0.356 e. The van der Waals surface area contributed by atoms with Crippen molar-refractivity contribution in [2.24, 2.45) is 0 Å². The van der Waals surface area contributed by atoms with Crippen molar-refractivity contribution in [2.75, 3.05) is 5.32 Å². The predicted octanol–water partition coefficient (Wildman–Crippen LogP) is 8.38. The average molecular weight is 394 g/mol. The number of hydrogen-bond donors (Lipinski definition) is 1. The molecule has 30 heavy (non-hydrogen) atoms. The maximum Gasteiger partial charge on any atom is 0.0387 e. The summed E-state index contributed by atoms with van der Waals surface area (Å²) in [5, 5.41) is 3.56. The highest BCUT2D eigenvalue weighted by molar-refractivity contribution is 5.88. The summed E-state index contributed by atoms with van der Waals surface area (Å²) in [6, 6.07) is 15.2. The second kappa shape index (κ2) is 9.00. The van der Waals surface area contributed by atoms with E-state index in [0.717, 1.165) is 11.4 Å². The standard InChI is InChI=1S/C29H31N/c1-7-11-13-21(9-3)22-14-16-23(17-15-22)30-24-18-19-26-25(12-8-2)27(10-4)29(5,6)28(26)20-24/h7-20,30H,1,4H2,2-3,5-6H3/b12-8-,13-11-,21-9+. The zero-order valence-corrected chi connectivity index (χ0v) is 18.5. The summed E-state index contributed by atoms with van der Waals surface area (Å²) in [5.74, 6) is 0. The van der Waals surface area contributed by atoms with Crippen LogP contribution in [0.4, 0.5) is 11.4 Å². The van der Waals surface area contributed by atoms with Gasteiger partial charge in [-0.3, -0.25) is 0 Å². The lowest BCUT2D eigenvalue weighted by atomic mass is 9.81. The molecule has 0 bridgehead atoms. The fourth-order valence-electron chi connectivity index (χ4n) is 4.16. The SMILES string of the molecule is C=C/C=C\C(=C/C)c1ccc(Nc2ccc3c(c2)C(C)(C)C(C=C)=C3/C=C\C)cc1. The second-order valence-corrected chi connectivity index (χ2v) is 7.96. The minimum absolute atomic E-state index is 0.0637. The van der Waals surface area contributed by atoms with Gasteiger partial charge in [0.1, 0.15) is 0 Å². The molecule has 1 N–H and O–H groups in total. The summed E-state index contributed by atoms with van der Waals surface area (Å²) in [6.45, 7) is 16.5. The fraction of sp³-hybridized carbons (Fsp3) is 0.172. The summed E-state index contributed by atoms with van der Waals surface area (Å²) in [6.07, 6.45) is 14.2. The molecule has 152 valence electrons. The highest BCUT2D eigenvalue weighted by atomic mass is 14.9. The lowest BCUT2D eigenvalue weighted by molar-refractivity contribution is 0.655. The molecular weight excluding hydrogens is 362 g/mol. The molecule has 0 heterocycles. The molecule has 1 aliphatic rings. The van der Waals surface area contributed by atoms with E-state index in [0.29, 0.717) is 0 Å². The van der Waals surface area contributed by atoms with E-state index in [2.05, 4.69) is 113 Å². The Labute approximate surface area is 181 Å². The highest BCUT2D eigenvalue weighted by Gasteiger charge is 2.35.